The Bertz CT molecular complexity index is 215. The number of carbonyl (C=O) groups excluding carboxylic acids is 1. The highest BCUT2D eigenvalue weighted by Gasteiger charge is 2.12. The number of carboxylic acids is 1. The summed E-state index contributed by atoms with van der Waals surface area (Å²) < 4.78 is 4.36. The van der Waals surface area contributed by atoms with Crippen LogP contribution in [-0.2, 0) is 14.3 Å². The number of aliphatic hydroxyl groups excluding tert-OH is 3. The molecule has 0 saturated carbocycles. The fourth-order valence-corrected chi connectivity index (χ4v) is 0.565. The van der Waals surface area contributed by atoms with Gasteiger partial charge in [-0.25, -0.2) is 4.79 Å². The lowest BCUT2D eigenvalue weighted by Gasteiger charge is -2.09. The van der Waals surface area contributed by atoms with Gasteiger partial charge >= 0.3 is 11.9 Å². The second-order valence-electron chi connectivity index (χ2n) is 3.29. The summed E-state index contributed by atoms with van der Waals surface area (Å²) in [6.45, 7) is 2.34. The highest BCUT2D eigenvalue weighted by Crippen LogP contribution is 1.89. The molecule has 7 nitrogen and oxygen atoms in total. The van der Waals surface area contributed by atoms with Crippen LogP contribution >= 0.6 is 0 Å². The molecule has 0 saturated heterocycles. The molecule has 0 aliphatic rings. The highest BCUT2D eigenvalue weighted by molar-refractivity contribution is 5.73. The number of aliphatic carboxylic acids is 1. The number of hydrogen-bond donors (Lipinski definition) is 4. The SMILES string of the molecule is CC(O)C(=O)OCC(O)CO.CCCC(=O)O. The quantitative estimate of drug-likeness (QED) is 0.453. The van der Waals surface area contributed by atoms with Crippen molar-refractivity contribution in [3.8, 4) is 0 Å². The summed E-state index contributed by atoms with van der Waals surface area (Å²) in [5, 5.41) is 33.5. The zero-order valence-corrected chi connectivity index (χ0v) is 10.00. The van der Waals surface area contributed by atoms with E-state index in [-0.39, 0.29) is 6.61 Å². The molecule has 17 heavy (non-hydrogen) atoms. The van der Waals surface area contributed by atoms with Crippen molar-refractivity contribution < 1.29 is 34.8 Å². The number of hydrogen-bond acceptors (Lipinski definition) is 6. The van der Waals surface area contributed by atoms with Gasteiger partial charge in [0.25, 0.3) is 0 Å². The van der Waals surface area contributed by atoms with Gasteiger partial charge in [0.1, 0.15) is 18.8 Å². The zero-order chi connectivity index (χ0) is 13.8. The third-order valence-corrected chi connectivity index (χ3v) is 1.43. The predicted octanol–water partition coefficient (Wildman–Crippen LogP) is -0.865. The van der Waals surface area contributed by atoms with E-state index in [1.54, 1.807) is 0 Å². The molecule has 102 valence electrons. The molecule has 7 heteroatoms. The van der Waals surface area contributed by atoms with E-state index in [4.69, 9.17) is 20.4 Å². The van der Waals surface area contributed by atoms with Crippen molar-refractivity contribution in [1.82, 2.24) is 0 Å². The summed E-state index contributed by atoms with van der Waals surface area (Å²) in [5.41, 5.74) is 0. The van der Waals surface area contributed by atoms with Crippen LogP contribution < -0.4 is 0 Å². The average molecular weight is 252 g/mol. The molecule has 4 N–H and O–H groups in total. The minimum absolute atomic E-state index is 0.291. The molecule has 0 amide bonds. The Morgan fingerprint density at radius 2 is 1.82 bits per heavy atom. The molecule has 2 unspecified atom stereocenters. The number of carboxylic acid groups (broad SMARTS) is 1. The van der Waals surface area contributed by atoms with Gasteiger partial charge in [0.05, 0.1) is 6.61 Å². The molecule has 0 aliphatic carbocycles. The number of esters is 1. The fraction of sp³-hybridized carbons (Fsp3) is 0.800. The zero-order valence-electron chi connectivity index (χ0n) is 10.00. The van der Waals surface area contributed by atoms with Crippen LogP contribution in [0.5, 0.6) is 0 Å². The molecule has 0 aliphatic heterocycles. The van der Waals surface area contributed by atoms with Gasteiger partial charge in [0.15, 0.2) is 0 Å². The summed E-state index contributed by atoms with van der Waals surface area (Å²) >= 11 is 0. The largest absolute Gasteiger partial charge is 0.481 e. The molecule has 0 bridgehead atoms. The first-order valence-electron chi connectivity index (χ1n) is 5.20. The molecule has 0 fully saturated rings. The van der Waals surface area contributed by atoms with Crippen molar-refractivity contribution in [2.75, 3.05) is 13.2 Å². The van der Waals surface area contributed by atoms with Crippen molar-refractivity contribution in [2.24, 2.45) is 0 Å². The maximum Gasteiger partial charge on any atom is 0.334 e. The van der Waals surface area contributed by atoms with Crippen LogP contribution in [0.1, 0.15) is 26.7 Å². The molecule has 2 atom stereocenters. The Kier molecular flexibility index (Phi) is 12.1. The van der Waals surface area contributed by atoms with Crippen molar-refractivity contribution in [2.45, 2.75) is 38.9 Å². The van der Waals surface area contributed by atoms with Gasteiger partial charge in [-0.1, -0.05) is 6.92 Å². The lowest BCUT2D eigenvalue weighted by molar-refractivity contribution is -0.156. The predicted molar refractivity (Wildman–Crippen MR) is 58.3 cm³/mol. The van der Waals surface area contributed by atoms with E-state index >= 15 is 0 Å². The van der Waals surface area contributed by atoms with Gasteiger partial charge in [-0.05, 0) is 13.3 Å². The highest BCUT2D eigenvalue weighted by atomic mass is 16.6. The van der Waals surface area contributed by atoms with Gasteiger partial charge in [-0.15, -0.1) is 0 Å². The molecular formula is C10H20O7. The van der Waals surface area contributed by atoms with Crippen molar-refractivity contribution in [3.63, 3.8) is 0 Å². The minimum atomic E-state index is -1.19. The first-order valence-corrected chi connectivity index (χ1v) is 5.20. The fourth-order valence-electron chi connectivity index (χ4n) is 0.565. The second kappa shape index (κ2) is 11.3. The smallest absolute Gasteiger partial charge is 0.334 e. The molecular weight excluding hydrogens is 232 g/mol. The molecule has 0 aromatic heterocycles. The topological polar surface area (TPSA) is 124 Å². The van der Waals surface area contributed by atoms with Crippen LogP contribution in [-0.4, -0.2) is 57.8 Å². The van der Waals surface area contributed by atoms with Crippen LogP contribution in [0.25, 0.3) is 0 Å². The maximum atomic E-state index is 10.5. The molecule has 0 aromatic rings. The number of carbonyl (C=O) groups is 2. The Balaban J connectivity index is 0. The Labute approximate surface area is 99.6 Å². The maximum absolute atomic E-state index is 10.5. The monoisotopic (exact) mass is 252 g/mol. The molecule has 0 heterocycles. The van der Waals surface area contributed by atoms with E-state index in [2.05, 4.69) is 4.74 Å². The van der Waals surface area contributed by atoms with Crippen LogP contribution in [0.4, 0.5) is 0 Å². The van der Waals surface area contributed by atoms with Crippen molar-refractivity contribution in [1.29, 1.82) is 0 Å². The van der Waals surface area contributed by atoms with Gasteiger partial charge in [-0.2, -0.15) is 0 Å². The van der Waals surface area contributed by atoms with Crippen LogP contribution in [0.2, 0.25) is 0 Å². The van der Waals surface area contributed by atoms with Crippen LogP contribution in [0.3, 0.4) is 0 Å². The molecule has 0 radical (unpaired) electrons. The molecule has 0 rings (SSSR count). The van der Waals surface area contributed by atoms with Gasteiger partial charge in [-0.3, -0.25) is 4.79 Å². The van der Waals surface area contributed by atoms with E-state index in [1.165, 1.54) is 6.92 Å². The number of ether oxygens (including phenoxy) is 1. The second-order valence-corrected chi connectivity index (χ2v) is 3.29. The number of rotatable bonds is 6. The summed E-state index contributed by atoms with van der Waals surface area (Å²) in [7, 11) is 0. The van der Waals surface area contributed by atoms with Crippen molar-refractivity contribution >= 4 is 11.9 Å². The summed E-state index contributed by atoms with van der Waals surface area (Å²) in [6.07, 6.45) is -1.24. The Hall–Kier alpha value is -1.18. The Morgan fingerprint density at radius 3 is 2.06 bits per heavy atom. The summed E-state index contributed by atoms with van der Waals surface area (Å²) in [6, 6.07) is 0. The van der Waals surface area contributed by atoms with E-state index in [9.17, 15) is 9.59 Å². The first-order chi connectivity index (χ1) is 7.84. The molecule has 0 aromatic carbocycles. The van der Waals surface area contributed by atoms with E-state index in [0.717, 1.165) is 6.42 Å². The van der Waals surface area contributed by atoms with E-state index < -0.39 is 30.8 Å². The summed E-state index contributed by atoms with van der Waals surface area (Å²) in [4.78, 5) is 20.1. The van der Waals surface area contributed by atoms with Gasteiger partial charge in [0.2, 0.25) is 0 Å². The van der Waals surface area contributed by atoms with Gasteiger partial charge < -0.3 is 25.2 Å². The third kappa shape index (κ3) is 14.8. The average Bonchev–Trinajstić information content (AvgIpc) is 2.25. The number of aliphatic hydroxyl groups is 3. The normalized spacial score (nSPS) is 13.0. The van der Waals surface area contributed by atoms with Crippen LogP contribution in [0, 0.1) is 0 Å². The summed E-state index contributed by atoms with van der Waals surface area (Å²) in [5.74, 6) is -1.52. The Morgan fingerprint density at radius 1 is 1.29 bits per heavy atom. The van der Waals surface area contributed by atoms with Crippen molar-refractivity contribution in [3.05, 3.63) is 0 Å². The minimum Gasteiger partial charge on any atom is -0.481 e. The van der Waals surface area contributed by atoms with E-state index in [1.807, 2.05) is 6.92 Å². The lowest BCUT2D eigenvalue weighted by atomic mass is 10.4. The van der Waals surface area contributed by atoms with Crippen LogP contribution in [0.15, 0.2) is 0 Å². The molecule has 0 spiro atoms. The standard InChI is InChI=1S/C6H12O5.C4H8O2/c1-4(8)6(10)11-3-5(9)2-7;1-2-3-4(5)6/h4-5,7-9H,2-3H2,1H3;2-3H2,1H3,(H,5,6). The van der Waals surface area contributed by atoms with Gasteiger partial charge in [0, 0.05) is 6.42 Å². The lowest BCUT2D eigenvalue weighted by Crippen LogP contribution is -2.26. The third-order valence-electron chi connectivity index (χ3n) is 1.43. The van der Waals surface area contributed by atoms with E-state index in [0.29, 0.717) is 6.42 Å². The first kappa shape index (κ1) is 18.2.